The Morgan fingerprint density at radius 2 is 1.93 bits per heavy atom. The lowest BCUT2D eigenvalue weighted by atomic mass is 9.96. The van der Waals surface area contributed by atoms with Crippen molar-refractivity contribution in [3.63, 3.8) is 0 Å². The number of fused-ring (bicyclic) bond motifs is 3. The number of esters is 1. The number of thioether (sulfide) groups is 1. The number of benzene rings is 2. The first-order chi connectivity index (χ1) is 19.4. The molecule has 0 unspecified atom stereocenters. The molecule has 0 saturated carbocycles. The van der Waals surface area contributed by atoms with Crippen LogP contribution in [0.5, 0.6) is 0 Å². The Hall–Kier alpha value is -3.17. The molecule has 1 fully saturated rings. The van der Waals surface area contributed by atoms with Crippen LogP contribution in [0.2, 0.25) is 5.02 Å². The molecule has 1 aliphatic rings. The van der Waals surface area contributed by atoms with Crippen LogP contribution < -0.4 is 0 Å². The second-order valence-electron chi connectivity index (χ2n) is 10.2. The highest BCUT2D eigenvalue weighted by Gasteiger charge is 2.27. The Bertz CT molecular complexity index is 1520. The van der Waals surface area contributed by atoms with E-state index in [1.807, 2.05) is 30.0 Å². The lowest BCUT2D eigenvalue weighted by Gasteiger charge is -2.31. The van der Waals surface area contributed by atoms with Crippen LogP contribution in [-0.2, 0) is 20.9 Å². The number of hydrogen-bond acceptors (Lipinski definition) is 7. The van der Waals surface area contributed by atoms with Gasteiger partial charge in [0.25, 0.3) is 0 Å². The van der Waals surface area contributed by atoms with Crippen molar-refractivity contribution >= 4 is 57.3 Å². The molecule has 4 aromatic rings. The van der Waals surface area contributed by atoms with Crippen LogP contribution in [0.15, 0.2) is 47.6 Å². The van der Waals surface area contributed by atoms with Gasteiger partial charge in [0.15, 0.2) is 5.65 Å². The molecular weight excluding hydrogens is 546 g/mol. The number of piperidine rings is 1. The fourth-order valence-electron chi connectivity index (χ4n) is 5.22. The molecule has 210 valence electrons. The number of carbonyl (C=O) groups is 2. The standard InChI is InChI=1S/C30H34ClN5O3S/c1-3-39-29(38)22-12-14-35(15-13-22)26(37)9-4-5-16-40-30-32-28-27(33-34-30)24-17-20(2)10-11-25(24)36(28)19-21-7-6-8-23(31)18-21/h6-8,10-11,17-18,22H,3-5,9,12-16,19H2,1-2H3. The molecule has 0 N–H and O–H groups in total. The van der Waals surface area contributed by atoms with Gasteiger partial charge >= 0.3 is 5.97 Å². The van der Waals surface area contributed by atoms with Crippen molar-refractivity contribution in [3.8, 4) is 0 Å². The number of ether oxygens (including phenoxy) is 1. The summed E-state index contributed by atoms with van der Waals surface area (Å²) in [4.78, 5) is 31.4. The van der Waals surface area contributed by atoms with E-state index in [0.29, 0.717) is 55.7 Å². The smallest absolute Gasteiger partial charge is 0.309 e. The lowest BCUT2D eigenvalue weighted by molar-refractivity contribution is -0.151. The number of aromatic nitrogens is 4. The highest BCUT2D eigenvalue weighted by atomic mass is 35.5. The van der Waals surface area contributed by atoms with Crippen molar-refractivity contribution in [2.24, 2.45) is 5.92 Å². The number of nitrogens with zero attached hydrogens (tertiary/aromatic N) is 5. The molecule has 1 aliphatic heterocycles. The largest absolute Gasteiger partial charge is 0.466 e. The molecule has 0 spiro atoms. The summed E-state index contributed by atoms with van der Waals surface area (Å²) in [6.07, 6.45) is 3.55. The third-order valence-corrected chi connectivity index (χ3v) is 8.48. The first kappa shape index (κ1) is 28.4. The zero-order valence-electron chi connectivity index (χ0n) is 22.9. The van der Waals surface area contributed by atoms with E-state index in [1.165, 1.54) is 0 Å². The summed E-state index contributed by atoms with van der Waals surface area (Å²) < 4.78 is 7.30. The number of rotatable bonds is 10. The molecular formula is C30H34ClN5O3S. The molecule has 0 radical (unpaired) electrons. The fourth-order valence-corrected chi connectivity index (χ4v) is 6.21. The van der Waals surface area contributed by atoms with Crippen molar-refractivity contribution in [1.29, 1.82) is 0 Å². The lowest BCUT2D eigenvalue weighted by Crippen LogP contribution is -2.40. The molecule has 8 nitrogen and oxygen atoms in total. The van der Waals surface area contributed by atoms with Crippen LogP contribution in [0, 0.1) is 12.8 Å². The van der Waals surface area contributed by atoms with Crippen molar-refractivity contribution in [2.75, 3.05) is 25.4 Å². The SMILES string of the molecule is CCOC(=O)C1CCN(C(=O)CCCCSc2nnc3c4cc(C)ccc4n(Cc4cccc(Cl)c4)c3n2)CC1. The van der Waals surface area contributed by atoms with Crippen LogP contribution in [0.1, 0.15) is 50.2 Å². The average Bonchev–Trinajstić information content (AvgIpc) is 3.24. The Balaban J connectivity index is 1.18. The van der Waals surface area contributed by atoms with Gasteiger partial charge in [0.05, 0.1) is 18.0 Å². The summed E-state index contributed by atoms with van der Waals surface area (Å²) in [7, 11) is 0. The van der Waals surface area contributed by atoms with Gasteiger partial charge < -0.3 is 14.2 Å². The predicted molar refractivity (Wildman–Crippen MR) is 159 cm³/mol. The summed E-state index contributed by atoms with van der Waals surface area (Å²) in [5.74, 6) is 0.743. The Kier molecular flexibility index (Phi) is 9.22. The highest BCUT2D eigenvalue weighted by Crippen LogP contribution is 2.29. The van der Waals surface area contributed by atoms with Gasteiger partial charge in [-0.05, 0) is 69.4 Å². The second-order valence-corrected chi connectivity index (χ2v) is 11.7. The van der Waals surface area contributed by atoms with Crippen LogP contribution in [0.25, 0.3) is 22.1 Å². The molecule has 1 saturated heterocycles. The third-order valence-electron chi connectivity index (χ3n) is 7.32. The molecule has 5 rings (SSSR count). The molecule has 40 heavy (non-hydrogen) atoms. The van der Waals surface area contributed by atoms with E-state index in [1.54, 1.807) is 11.8 Å². The molecule has 2 aromatic carbocycles. The Labute approximate surface area is 243 Å². The molecule has 1 amide bonds. The summed E-state index contributed by atoms with van der Waals surface area (Å²) in [6, 6.07) is 14.2. The first-order valence-corrected chi connectivity index (χ1v) is 15.2. The van der Waals surface area contributed by atoms with Gasteiger partial charge in [-0.1, -0.05) is 47.1 Å². The van der Waals surface area contributed by atoms with Gasteiger partial charge in [-0.2, -0.15) is 0 Å². The second kappa shape index (κ2) is 13.0. The third kappa shape index (κ3) is 6.58. The number of carbonyl (C=O) groups excluding carboxylic acids is 2. The van der Waals surface area contributed by atoms with Gasteiger partial charge in [-0.15, -0.1) is 10.2 Å². The van der Waals surface area contributed by atoms with E-state index in [0.717, 1.165) is 51.8 Å². The first-order valence-electron chi connectivity index (χ1n) is 13.9. The van der Waals surface area contributed by atoms with E-state index in [9.17, 15) is 9.59 Å². The number of aryl methyl sites for hydroxylation is 1. The van der Waals surface area contributed by atoms with E-state index in [4.69, 9.17) is 21.3 Å². The number of amides is 1. The summed E-state index contributed by atoms with van der Waals surface area (Å²) >= 11 is 7.82. The van der Waals surface area contributed by atoms with Crippen LogP contribution in [0.4, 0.5) is 0 Å². The van der Waals surface area contributed by atoms with Crippen molar-refractivity contribution < 1.29 is 14.3 Å². The van der Waals surface area contributed by atoms with E-state index < -0.39 is 0 Å². The van der Waals surface area contributed by atoms with Gasteiger partial charge in [-0.3, -0.25) is 9.59 Å². The maximum Gasteiger partial charge on any atom is 0.309 e. The minimum atomic E-state index is -0.138. The normalized spacial score (nSPS) is 14.2. The topological polar surface area (TPSA) is 90.2 Å². The van der Waals surface area contributed by atoms with Crippen LogP contribution >= 0.6 is 23.4 Å². The van der Waals surface area contributed by atoms with Gasteiger partial charge in [0.2, 0.25) is 11.1 Å². The fraction of sp³-hybridized carbons (Fsp3) is 0.433. The van der Waals surface area contributed by atoms with Gasteiger partial charge in [-0.25, -0.2) is 4.98 Å². The molecule has 10 heteroatoms. The summed E-state index contributed by atoms with van der Waals surface area (Å²) in [5, 5.41) is 11.4. The molecule has 3 heterocycles. The predicted octanol–water partition coefficient (Wildman–Crippen LogP) is 6.05. The van der Waals surface area contributed by atoms with Gasteiger partial charge in [0.1, 0.15) is 5.52 Å². The molecule has 0 bridgehead atoms. The Morgan fingerprint density at radius 3 is 2.70 bits per heavy atom. The van der Waals surface area contributed by atoms with Crippen LogP contribution in [0.3, 0.4) is 0 Å². The number of hydrogen-bond donors (Lipinski definition) is 0. The maximum atomic E-state index is 12.7. The quantitative estimate of drug-likeness (QED) is 0.128. The number of likely N-dealkylation sites (tertiary alicyclic amines) is 1. The number of halogens is 1. The summed E-state index contributed by atoms with van der Waals surface area (Å²) in [6.45, 7) is 6.17. The van der Waals surface area contributed by atoms with Crippen molar-refractivity contribution in [3.05, 3.63) is 58.6 Å². The molecule has 0 aliphatic carbocycles. The van der Waals surface area contributed by atoms with Crippen LogP contribution in [-0.4, -0.2) is 62.0 Å². The summed E-state index contributed by atoms with van der Waals surface area (Å²) in [5.41, 5.74) is 4.91. The maximum absolute atomic E-state index is 12.7. The van der Waals surface area contributed by atoms with Crippen molar-refractivity contribution in [1.82, 2.24) is 24.6 Å². The Morgan fingerprint density at radius 1 is 1.10 bits per heavy atom. The van der Waals surface area contributed by atoms with Crippen molar-refractivity contribution in [2.45, 2.75) is 57.7 Å². The monoisotopic (exact) mass is 579 g/mol. The number of unbranched alkanes of at least 4 members (excludes halogenated alkanes) is 1. The van der Waals surface area contributed by atoms with E-state index in [-0.39, 0.29) is 17.8 Å². The molecule has 2 aromatic heterocycles. The molecule has 0 atom stereocenters. The van der Waals surface area contributed by atoms with E-state index in [2.05, 4.69) is 46.0 Å². The zero-order chi connectivity index (χ0) is 28.1. The highest BCUT2D eigenvalue weighted by molar-refractivity contribution is 7.99. The van der Waals surface area contributed by atoms with E-state index >= 15 is 0 Å². The minimum Gasteiger partial charge on any atom is -0.466 e. The minimum absolute atomic E-state index is 0.0837. The zero-order valence-corrected chi connectivity index (χ0v) is 24.5. The average molecular weight is 580 g/mol. The van der Waals surface area contributed by atoms with Gasteiger partial charge in [0, 0.05) is 42.2 Å².